The van der Waals surface area contributed by atoms with Crippen LogP contribution in [0.2, 0.25) is 0 Å². The minimum absolute atomic E-state index is 0.0263. The highest BCUT2D eigenvalue weighted by Crippen LogP contribution is 2.42. The molecule has 0 fully saturated rings. The summed E-state index contributed by atoms with van der Waals surface area (Å²) in [5, 5.41) is 9.93. The summed E-state index contributed by atoms with van der Waals surface area (Å²) < 4.78 is 5.40. The molecule has 1 aliphatic carbocycles. The average molecular weight is 301 g/mol. The molecule has 5 heteroatoms. The van der Waals surface area contributed by atoms with Crippen LogP contribution in [0.3, 0.4) is 0 Å². The summed E-state index contributed by atoms with van der Waals surface area (Å²) in [6, 6.07) is 3.63. The van der Waals surface area contributed by atoms with E-state index in [1.165, 1.54) is 0 Å². The molecule has 22 heavy (non-hydrogen) atoms. The third-order valence-electron chi connectivity index (χ3n) is 4.69. The highest BCUT2D eigenvalue weighted by molar-refractivity contribution is 5.86. The van der Waals surface area contributed by atoms with Gasteiger partial charge in [0.25, 0.3) is 0 Å². The van der Waals surface area contributed by atoms with Crippen LogP contribution in [-0.2, 0) is 11.2 Å². The number of carboxylic acids is 1. The molecular weight excluding hydrogens is 282 g/mol. The van der Waals surface area contributed by atoms with Crippen molar-refractivity contribution in [2.75, 3.05) is 5.73 Å². The smallest absolute Gasteiger partial charge is 0.339 e. The van der Waals surface area contributed by atoms with Crippen LogP contribution in [0.5, 0.6) is 0 Å². The number of nitrogen functional groups attached to an aromatic ring is 1. The minimum Gasteiger partial charge on any atom is -0.481 e. The van der Waals surface area contributed by atoms with Gasteiger partial charge >= 0.3 is 11.6 Å². The Morgan fingerprint density at radius 3 is 2.91 bits per heavy atom. The lowest BCUT2D eigenvalue weighted by molar-refractivity contribution is -0.138. The Kier molecular flexibility index (Phi) is 3.43. The molecule has 1 aliphatic rings. The van der Waals surface area contributed by atoms with Gasteiger partial charge in [-0.1, -0.05) is 6.92 Å². The van der Waals surface area contributed by atoms with Gasteiger partial charge in [0, 0.05) is 29.1 Å². The van der Waals surface area contributed by atoms with Crippen molar-refractivity contribution in [2.45, 2.75) is 39.0 Å². The zero-order valence-electron chi connectivity index (χ0n) is 12.7. The summed E-state index contributed by atoms with van der Waals surface area (Å²) in [5.41, 5.74) is 9.24. The number of nitrogens with two attached hydrogens (primary N) is 1. The number of rotatable bonds is 3. The lowest BCUT2D eigenvalue weighted by Gasteiger charge is -2.20. The lowest BCUT2D eigenvalue weighted by atomic mass is 9.85. The van der Waals surface area contributed by atoms with E-state index < -0.39 is 5.97 Å². The van der Waals surface area contributed by atoms with Crippen molar-refractivity contribution >= 4 is 22.6 Å². The first-order chi connectivity index (χ1) is 10.4. The fraction of sp³-hybridized carbons (Fsp3) is 0.412. The standard InChI is InChI=1S/C17H19NO4/c1-8(6-15(19)20)10-3-4-11-16(10)12-5-9(2)13(18)7-14(12)22-17(11)21/h5,7-8,10H,3-4,6,18H2,1-2H3,(H,19,20). The van der Waals surface area contributed by atoms with Crippen molar-refractivity contribution < 1.29 is 14.3 Å². The van der Waals surface area contributed by atoms with Crippen LogP contribution < -0.4 is 11.4 Å². The first-order valence-electron chi connectivity index (χ1n) is 7.46. The largest absolute Gasteiger partial charge is 0.481 e. The van der Waals surface area contributed by atoms with Crippen molar-refractivity contribution in [2.24, 2.45) is 5.92 Å². The number of hydrogen-bond donors (Lipinski definition) is 2. The number of fused-ring (bicyclic) bond motifs is 3. The van der Waals surface area contributed by atoms with Crippen molar-refractivity contribution in [3.05, 3.63) is 39.2 Å². The maximum atomic E-state index is 12.2. The van der Waals surface area contributed by atoms with Gasteiger partial charge in [-0.15, -0.1) is 0 Å². The van der Waals surface area contributed by atoms with Gasteiger partial charge in [-0.05, 0) is 48.8 Å². The van der Waals surface area contributed by atoms with E-state index >= 15 is 0 Å². The molecule has 3 N–H and O–H groups in total. The van der Waals surface area contributed by atoms with Crippen LogP contribution in [0.1, 0.15) is 42.4 Å². The fourth-order valence-corrected chi connectivity index (χ4v) is 3.52. The highest BCUT2D eigenvalue weighted by Gasteiger charge is 2.33. The van der Waals surface area contributed by atoms with Gasteiger partial charge in [0.05, 0.1) is 0 Å². The van der Waals surface area contributed by atoms with Gasteiger partial charge in [0.2, 0.25) is 0 Å². The molecule has 0 amide bonds. The van der Waals surface area contributed by atoms with Gasteiger partial charge in [-0.3, -0.25) is 4.79 Å². The molecule has 2 aromatic rings. The van der Waals surface area contributed by atoms with Crippen LogP contribution in [0, 0.1) is 12.8 Å². The molecule has 1 aromatic carbocycles. The fourth-order valence-electron chi connectivity index (χ4n) is 3.52. The number of hydrogen-bond acceptors (Lipinski definition) is 4. The molecule has 1 aromatic heterocycles. The second-order valence-electron chi connectivity index (χ2n) is 6.21. The number of anilines is 1. The number of aliphatic carboxylic acids is 1. The molecule has 0 bridgehead atoms. The van der Waals surface area contributed by atoms with E-state index in [1.54, 1.807) is 6.07 Å². The topological polar surface area (TPSA) is 93.5 Å². The Balaban J connectivity index is 2.22. The van der Waals surface area contributed by atoms with E-state index in [9.17, 15) is 9.59 Å². The summed E-state index contributed by atoms with van der Waals surface area (Å²) in [6.07, 6.45) is 1.53. The van der Waals surface area contributed by atoms with Gasteiger partial charge in [-0.2, -0.15) is 0 Å². The van der Waals surface area contributed by atoms with E-state index in [0.717, 1.165) is 22.9 Å². The predicted molar refractivity (Wildman–Crippen MR) is 84.1 cm³/mol. The Hall–Kier alpha value is -2.30. The summed E-state index contributed by atoms with van der Waals surface area (Å²) >= 11 is 0. The SMILES string of the molecule is Cc1cc2c3c(c(=O)oc2cc1N)CCC3C(C)CC(=O)O. The monoisotopic (exact) mass is 301 g/mol. The van der Waals surface area contributed by atoms with Gasteiger partial charge < -0.3 is 15.3 Å². The Morgan fingerprint density at radius 2 is 2.23 bits per heavy atom. The van der Waals surface area contributed by atoms with E-state index in [2.05, 4.69) is 0 Å². The first kappa shape index (κ1) is 14.6. The first-order valence-corrected chi connectivity index (χ1v) is 7.46. The molecule has 0 aliphatic heterocycles. The zero-order valence-corrected chi connectivity index (χ0v) is 12.7. The zero-order chi connectivity index (χ0) is 16.0. The molecule has 3 rings (SSSR count). The maximum absolute atomic E-state index is 12.2. The van der Waals surface area contributed by atoms with Crippen LogP contribution in [-0.4, -0.2) is 11.1 Å². The highest BCUT2D eigenvalue weighted by atomic mass is 16.4. The summed E-state index contributed by atoms with van der Waals surface area (Å²) in [4.78, 5) is 23.2. The Bertz CT molecular complexity index is 821. The third kappa shape index (κ3) is 2.26. The van der Waals surface area contributed by atoms with E-state index in [0.29, 0.717) is 23.3 Å². The van der Waals surface area contributed by atoms with E-state index in [1.807, 2.05) is 19.9 Å². The van der Waals surface area contributed by atoms with Crippen LogP contribution >= 0.6 is 0 Å². The number of carboxylic acid groups (broad SMARTS) is 1. The summed E-state index contributed by atoms with van der Waals surface area (Å²) in [6.45, 7) is 3.84. The van der Waals surface area contributed by atoms with Crippen LogP contribution in [0.15, 0.2) is 21.3 Å². The van der Waals surface area contributed by atoms with Gasteiger partial charge in [-0.25, -0.2) is 4.79 Å². The van der Waals surface area contributed by atoms with Crippen molar-refractivity contribution in [1.29, 1.82) is 0 Å². The van der Waals surface area contributed by atoms with E-state index in [-0.39, 0.29) is 23.9 Å². The predicted octanol–water partition coefficient (Wildman–Crippen LogP) is 2.82. The normalized spacial score (nSPS) is 18.4. The summed E-state index contributed by atoms with van der Waals surface area (Å²) in [7, 11) is 0. The molecule has 0 saturated heterocycles. The molecular formula is C17H19NO4. The molecule has 116 valence electrons. The van der Waals surface area contributed by atoms with Crippen molar-refractivity contribution in [3.63, 3.8) is 0 Å². The second kappa shape index (κ2) is 5.16. The summed E-state index contributed by atoms with van der Waals surface area (Å²) in [5.74, 6) is -0.768. The number of carbonyl (C=O) groups is 1. The van der Waals surface area contributed by atoms with E-state index in [4.69, 9.17) is 15.3 Å². The molecule has 2 unspecified atom stereocenters. The van der Waals surface area contributed by atoms with Gasteiger partial charge in [0.15, 0.2) is 0 Å². The second-order valence-corrected chi connectivity index (χ2v) is 6.21. The molecule has 0 saturated carbocycles. The van der Waals surface area contributed by atoms with Gasteiger partial charge in [0.1, 0.15) is 5.58 Å². The van der Waals surface area contributed by atoms with Crippen molar-refractivity contribution in [3.8, 4) is 0 Å². The maximum Gasteiger partial charge on any atom is 0.339 e. The molecule has 1 heterocycles. The average Bonchev–Trinajstić information content (AvgIpc) is 2.86. The quantitative estimate of drug-likeness (QED) is 0.671. The Labute approximate surface area is 127 Å². The lowest BCUT2D eigenvalue weighted by Crippen LogP contribution is -2.14. The van der Waals surface area contributed by atoms with Crippen LogP contribution in [0.4, 0.5) is 5.69 Å². The number of aryl methyl sites for hydroxylation is 1. The number of benzene rings is 1. The molecule has 5 nitrogen and oxygen atoms in total. The van der Waals surface area contributed by atoms with Crippen LogP contribution in [0.25, 0.3) is 11.0 Å². The Morgan fingerprint density at radius 1 is 1.50 bits per heavy atom. The molecule has 2 atom stereocenters. The third-order valence-corrected chi connectivity index (χ3v) is 4.69. The minimum atomic E-state index is -0.811. The van der Waals surface area contributed by atoms with Crippen molar-refractivity contribution in [1.82, 2.24) is 0 Å². The molecule has 0 radical (unpaired) electrons. The molecule has 0 spiro atoms.